The molecule has 4 heteroatoms. The standard InChI is InChI=1S/C20H24N2O2/c1-14(2)17-11-7-8-12-18(17)22-19(23)13-15(3)21-20(24)16-9-5-4-6-10-16/h4-12,14-15H,13H2,1-3H3,(H,21,24)(H,22,23)/t15-/m0/s1. The van der Waals surface area contributed by atoms with E-state index in [1.165, 1.54) is 0 Å². The molecular formula is C20H24N2O2. The summed E-state index contributed by atoms with van der Waals surface area (Å²) in [7, 11) is 0. The van der Waals surface area contributed by atoms with Crippen LogP contribution in [0.2, 0.25) is 0 Å². The molecule has 1 atom stereocenters. The van der Waals surface area contributed by atoms with Crippen LogP contribution in [-0.4, -0.2) is 17.9 Å². The molecule has 0 heterocycles. The van der Waals surface area contributed by atoms with E-state index in [0.717, 1.165) is 11.3 Å². The molecule has 126 valence electrons. The number of hydrogen-bond acceptors (Lipinski definition) is 2. The second-order valence-corrected chi connectivity index (χ2v) is 6.23. The van der Waals surface area contributed by atoms with Crippen molar-refractivity contribution < 1.29 is 9.59 Å². The van der Waals surface area contributed by atoms with Crippen molar-refractivity contribution in [3.63, 3.8) is 0 Å². The maximum absolute atomic E-state index is 12.3. The normalized spacial score (nSPS) is 11.8. The number of para-hydroxylation sites is 1. The highest BCUT2D eigenvalue weighted by Crippen LogP contribution is 2.23. The van der Waals surface area contributed by atoms with Crippen LogP contribution in [0.5, 0.6) is 0 Å². The van der Waals surface area contributed by atoms with Crippen molar-refractivity contribution in [1.82, 2.24) is 5.32 Å². The molecule has 0 saturated carbocycles. The van der Waals surface area contributed by atoms with Crippen LogP contribution in [0.4, 0.5) is 5.69 Å². The number of hydrogen-bond donors (Lipinski definition) is 2. The molecule has 0 spiro atoms. The van der Waals surface area contributed by atoms with Crippen LogP contribution < -0.4 is 10.6 Å². The van der Waals surface area contributed by atoms with Gasteiger partial charge in [-0.2, -0.15) is 0 Å². The molecule has 0 unspecified atom stereocenters. The molecule has 2 aromatic rings. The predicted molar refractivity (Wildman–Crippen MR) is 97.1 cm³/mol. The van der Waals surface area contributed by atoms with Crippen molar-refractivity contribution in [2.24, 2.45) is 0 Å². The molecule has 0 radical (unpaired) electrons. The van der Waals surface area contributed by atoms with Crippen molar-refractivity contribution in [2.45, 2.75) is 39.2 Å². The van der Waals surface area contributed by atoms with Crippen molar-refractivity contribution in [2.75, 3.05) is 5.32 Å². The lowest BCUT2D eigenvalue weighted by Crippen LogP contribution is -2.35. The average molecular weight is 324 g/mol. The van der Waals surface area contributed by atoms with Gasteiger partial charge in [0.25, 0.3) is 5.91 Å². The zero-order valence-electron chi connectivity index (χ0n) is 14.4. The van der Waals surface area contributed by atoms with E-state index in [0.29, 0.717) is 11.5 Å². The lowest BCUT2D eigenvalue weighted by Gasteiger charge is -2.16. The SMILES string of the molecule is CC(C)c1ccccc1NC(=O)C[C@H](C)NC(=O)c1ccccc1. The van der Waals surface area contributed by atoms with Gasteiger partial charge in [0.05, 0.1) is 0 Å². The lowest BCUT2D eigenvalue weighted by molar-refractivity contribution is -0.116. The molecule has 0 fully saturated rings. The molecule has 24 heavy (non-hydrogen) atoms. The fourth-order valence-corrected chi connectivity index (χ4v) is 2.54. The summed E-state index contributed by atoms with van der Waals surface area (Å²) < 4.78 is 0. The zero-order valence-corrected chi connectivity index (χ0v) is 14.4. The topological polar surface area (TPSA) is 58.2 Å². The Balaban J connectivity index is 1.92. The second-order valence-electron chi connectivity index (χ2n) is 6.23. The van der Waals surface area contributed by atoms with Crippen molar-refractivity contribution in [3.8, 4) is 0 Å². The van der Waals surface area contributed by atoms with Gasteiger partial charge in [0.1, 0.15) is 0 Å². The molecule has 0 saturated heterocycles. The Kier molecular flexibility index (Phi) is 6.13. The number of carbonyl (C=O) groups excluding carboxylic acids is 2. The first-order chi connectivity index (χ1) is 11.5. The average Bonchev–Trinajstić information content (AvgIpc) is 2.55. The van der Waals surface area contributed by atoms with Crippen molar-refractivity contribution >= 4 is 17.5 Å². The third kappa shape index (κ3) is 4.95. The van der Waals surface area contributed by atoms with E-state index in [1.807, 2.05) is 49.4 Å². The maximum atomic E-state index is 12.3. The molecular weight excluding hydrogens is 300 g/mol. The minimum Gasteiger partial charge on any atom is -0.349 e. The monoisotopic (exact) mass is 324 g/mol. The van der Waals surface area contributed by atoms with Crippen LogP contribution in [0.1, 0.15) is 49.0 Å². The largest absolute Gasteiger partial charge is 0.349 e. The summed E-state index contributed by atoms with van der Waals surface area (Å²) in [4.78, 5) is 24.3. The summed E-state index contributed by atoms with van der Waals surface area (Å²) in [5.41, 5.74) is 2.53. The molecule has 2 aromatic carbocycles. The molecule has 2 N–H and O–H groups in total. The minimum absolute atomic E-state index is 0.107. The Morgan fingerprint density at radius 1 is 0.917 bits per heavy atom. The van der Waals surface area contributed by atoms with Gasteiger partial charge in [-0.25, -0.2) is 0 Å². The Bertz CT molecular complexity index is 696. The van der Waals surface area contributed by atoms with E-state index in [9.17, 15) is 9.59 Å². The van der Waals surface area contributed by atoms with Gasteiger partial charge in [0.15, 0.2) is 0 Å². The van der Waals surface area contributed by atoms with Crippen LogP contribution in [0.15, 0.2) is 54.6 Å². The maximum Gasteiger partial charge on any atom is 0.251 e. The molecule has 0 aliphatic carbocycles. The van der Waals surface area contributed by atoms with Gasteiger partial charge >= 0.3 is 0 Å². The summed E-state index contributed by atoms with van der Waals surface area (Å²) >= 11 is 0. The number of nitrogens with one attached hydrogen (secondary N) is 2. The zero-order chi connectivity index (χ0) is 17.5. The molecule has 0 bridgehead atoms. The van der Waals surface area contributed by atoms with E-state index >= 15 is 0 Å². The van der Waals surface area contributed by atoms with Crippen LogP contribution in [0, 0.1) is 0 Å². The van der Waals surface area contributed by atoms with Gasteiger partial charge in [-0.05, 0) is 36.6 Å². The van der Waals surface area contributed by atoms with Crippen LogP contribution in [-0.2, 0) is 4.79 Å². The summed E-state index contributed by atoms with van der Waals surface area (Å²) in [5, 5.41) is 5.80. The highest BCUT2D eigenvalue weighted by atomic mass is 16.2. The summed E-state index contributed by atoms with van der Waals surface area (Å²) in [6, 6.07) is 16.5. The first-order valence-corrected chi connectivity index (χ1v) is 8.22. The van der Waals surface area contributed by atoms with E-state index in [1.54, 1.807) is 12.1 Å². The molecule has 0 aliphatic heterocycles. The Hall–Kier alpha value is -2.62. The third-order valence-corrected chi connectivity index (χ3v) is 3.76. The quantitative estimate of drug-likeness (QED) is 0.845. The third-order valence-electron chi connectivity index (χ3n) is 3.76. The van der Waals surface area contributed by atoms with Gasteiger partial charge < -0.3 is 10.6 Å². The Morgan fingerprint density at radius 3 is 2.21 bits per heavy atom. The van der Waals surface area contributed by atoms with Gasteiger partial charge in [0, 0.05) is 23.7 Å². The number of amides is 2. The van der Waals surface area contributed by atoms with Gasteiger partial charge in [-0.1, -0.05) is 50.2 Å². The van der Waals surface area contributed by atoms with Crippen molar-refractivity contribution in [3.05, 3.63) is 65.7 Å². The van der Waals surface area contributed by atoms with E-state index in [2.05, 4.69) is 24.5 Å². The highest BCUT2D eigenvalue weighted by Gasteiger charge is 2.14. The van der Waals surface area contributed by atoms with E-state index < -0.39 is 0 Å². The minimum atomic E-state index is -0.246. The number of carbonyl (C=O) groups is 2. The summed E-state index contributed by atoms with van der Waals surface area (Å²) in [5.74, 6) is 0.0548. The van der Waals surface area contributed by atoms with Gasteiger partial charge in [-0.3, -0.25) is 9.59 Å². The van der Waals surface area contributed by atoms with Crippen molar-refractivity contribution in [1.29, 1.82) is 0 Å². The van der Waals surface area contributed by atoms with Crippen LogP contribution in [0.25, 0.3) is 0 Å². The second kappa shape index (κ2) is 8.29. The number of rotatable bonds is 6. The van der Waals surface area contributed by atoms with Gasteiger partial charge in [0.2, 0.25) is 5.91 Å². The fourth-order valence-electron chi connectivity index (χ4n) is 2.54. The van der Waals surface area contributed by atoms with Crippen LogP contribution >= 0.6 is 0 Å². The Labute approximate surface area is 143 Å². The van der Waals surface area contributed by atoms with Gasteiger partial charge in [-0.15, -0.1) is 0 Å². The first-order valence-electron chi connectivity index (χ1n) is 8.22. The summed E-state index contributed by atoms with van der Waals surface area (Å²) in [6.07, 6.45) is 0.227. The number of anilines is 1. The lowest BCUT2D eigenvalue weighted by atomic mass is 10.0. The fraction of sp³-hybridized carbons (Fsp3) is 0.300. The molecule has 0 aromatic heterocycles. The van der Waals surface area contributed by atoms with Crippen LogP contribution in [0.3, 0.4) is 0 Å². The first kappa shape index (κ1) is 17.7. The smallest absolute Gasteiger partial charge is 0.251 e. The van der Waals surface area contributed by atoms with E-state index in [4.69, 9.17) is 0 Å². The summed E-state index contributed by atoms with van der Waals surface area (Å²) in [6.45, 7) is 6.01. The molecule has 2 amide bonds. The Morgan fingerprint density at radius 2 is 1.54 bits per heavy atom. The van der Waals surface area contributed by atoms with E-state index in [-0.39, 0.29) is 24.3 Å². The molecule has 4 nitrogen and oxygen atoms in total. The molecule has 2 rings (SSSR count). The predicted octanol–water partition coefficient (Wildman–Crippen LogP) is 3.96. The number of benzene rings is 2. The molecule has 0 aliphatic rings. The highest BCUT2D eigenvalue weighted by molar-refractivity contribution is 5.95.